The molecule has 1 saturated carbocycles. The fourth-order valence-corrected chi connectivity index (χ4v) is 2.57. The van der Waals surface area contributed by atoms with E-state index in [0.717, 1.165) is 5.92 Å². The minimum atomic E-state index is -0.160. The molecule has 2 rings (SSSR count). The van der Waals surface area contributed by atoms with Gasteiger partial charge in [0.2, 0.25) is 0 Å². The molecule has 0 saturated heterocycles. The maximum absolute atomic E-state index is 13.0. The van der Waals surface area contributed by atoms with Crippen molar-refractivity contribution in [2.75, 3.05) is 0 Å². The number of benzene rings is 1. The summed E-state index contributed by atoms with van der Waals surface area (Å²) in [5.74, 6) is 1.29. The Morgan fingerprint density at radius 2 is 1.78 bits per heavy atom. The molecule has 0 amide bonds. The summed E-state index contributed by atoms with van der Waals surface area (Å²) >= 11 is 0. The molecule has 2 heteroatoms. The summed E-state index contributed by atoms with van der Waals surface area (Å²) in [4.78, 5) is 0. The first-order chi connectivity index (χ1) is 8.56. The first-order valence-corrected chi connectivity index (χ1v) is 7.07. The van der Waals surface area contributed by atoms with Crippen LogP contribution >= 0.6 is 0 Å². The van der Waals surface area contributed by atoms with Gasteiger partial charge in [-0.3, -0.25) is 0 Å². The van der Waals surface area contributed by atoms with Crippen molar-refractivity contribution in [2.45, 2.75) is 52.1 Å². The Morgan fingerprint density at radius 1 is 1.17 bits per heavy atom. The monoisotopic (exact) mass is 249 g/mol. The van der Waals surface area contributed by atoms with Crippen LogP contribution in [0.5, 0.6) is 0 Å². The predicted octanol–water partition coefficient (Wildman–Crippen LogP) is 4.30. The Hall–Kier alpha value is -0.890. The third kappa shape index (κ3) is 3.81. The summed E-state index contributed by atoms with van der Waals surface area (Å²) in [6.07, 6.45) is 4.06. The van der Waals surface area contributed by atoms with E-state index in [1.165, 1.54) is 24.8 Å². The lowest BCUT2D eigenvalue weighted by atomic mass is 9.94. The fourth-order valence-electron chi connectivity index (χ4n) is 2.57. The Labute approximate surface area is 110 Å². The first kappa shape index (κ1) is 13.5. The quantitative estimate of drug-likeness (QED) is 0.792. The van der Waals surface area contributed by atoms with E-state index in [-0.39, 0.29) is 5.82 Å². The number of hydrogen-bond donors (Lipinski definition) is 1. The van der Waals surface area contributed by atoms with Crippen molar-refractivity contribution in [2.24, 2.45) is 11.8 Å². The molecule has 0 spiro atoms. The lowest BCUT2D eigenvalue weighted by Crippen LogP contribution is -2.33. The van der Waals surface area contributed by atoms with Crippen LogP contribution in [0.1, 0.15) is 51.6 Å². The van der Waals surface area contributed by atoms with Crippen LogP contribution in [0.3, 0.4) is 0 Å². The second kappa shape index (κ2) is 5.83. The van der Waals surface area contributed by atoms with Crippen molar-refractivity contribution >= 4 is 0 Å². The Morgan fingerprint density at radius 3 is 2.28 bits per heavy atom. The van der Waals surface area contributed by atoms with Crippen LogP contribution in [-0.2, 0) is 0 Å². The standard InChI is InChI=1S/C16H24FN/c1-11(2)16(14-6-8-15(17)9-7-14)18-12(3)10-13-4-5-13/h6-9,11-13,16,18H,4-5,10H2,1-3H3. The molecule has 0 heterocycles. The van der Waals surface area contributed by atoms with Gasteiger partial charge in [0, 0.05) is 12.1 Å². The molecule has 2 atom stereocenters. The summed E-state index contributed by atoms with van der Waals surface area (Å²) in [5, 5.41) is 3.70. The van der Waals surface area contributed by atoms with Crippen molar-refractivity contribution in [3.63, 3.8) is 0 Å². The van der Waals surface area contributed by atoms with E-state index in [9.17, 15) is 4.39 Å². The third-order valence-electron chi connectivity index (χ3n) is 3.74. The molecule has 1 aromatic carbocycles. The van der Waals surface area contributed by atoms with Crippen molar-refractivity contribution in [3.05, 3.63) is 35.6 Å². The average Bonchev–Trinajstić information content (AvgIpc) is 3.11. The smallest absolute Gasteiger partial charge is 0.123 e. The summed E-state index contributed by atoms with van der Waals surface area (Å²) in [6, 6.07) is 7.76. The summed E-state index contributed by atoms with van der Waals surface area (Å²) in [7, 11) is 0. The van der Waals surface area contributed by atoms with E-state index in [0.29, 0.717) is 18.0 Å². The van der Waals surface area contributed by atoms with E-state index >= 15 is 0 Å². The lowest BCUT2D eigenvalue weighted by Gasteiger charge is -2.27. The largest absolute Gasteiger partial charge is 0.307 e. The second-order valence-electron chi connectivity index (χ2n) is 6.02. The predicted molar refractivity (Wildman–Crippen MR) is 73.9 cm³/mol. The minimum Gasteiger partial charge on any atom is -0.307 e. The molecular weight excluding hydrogens is 225 g/mol. The normalized spacial score (nSPS) is 18.9. The molecule has 0 aliphatic heterocycles. The van der Waals surface area contributed by atoms with Crippen LogP contribution in [-0.4, -0.2) is 6.04 Å². The van der Waals surface area contributed by atoms with Crippen molar-refractivity contribution < 1.29 is 4.39 Å². The zero-order valence-electron chi connectivity index (χ0n) is 11.6. The van der Waals surface area contributed by atoms with Gasteiger partial charge < -0.3 is 5.32 Å². The van der Waals surface area contributed by atoms with E-state index in [1.54, 1.807) is 12.1 Å². The number of halogens is 1. The van der Waals surface area contributed by atoms with Gasteiger partial charge in [0.25, 0.3) is 0 Å². The summed E-state index contributed by atoms with van der Waals surface area (Å²) in [5.41, 5.74) is 1.19. The van der Waals surface area contributed by atoms with Crippen LogP contribution in [0.25, 0.3) is 0 Å². The summed E-state index contributed by atoms with van der Waals surface area (Å²) in [6.45, 7) is 6.69. The lowest BCUT2D eigenvalue weighted by molar-refractivity contribution is 0.352. The van der Waals surface area contributed by atoms with Crippen molar-refractivity contribution in [1.82, 2.24) is 5.32 Å². The zero-order chi connectivity index (χ0) is 13.1. The summed E-state index contributed by atoms with van der Waals surface area (Å²) < 4.78 is 13.0. The van der Waals surface area contributed by atoms with Gasteiger partial charge in [0.1, 0.15) is 5.82 Å². The SMILES string of the molecule is CC(CC1CC1)NC(c1ccc(F)cc1)C(C)C. The van der Waals surface area contributed by atoms with Crippen molar-refractivity contribution in [1.29, 1.82) is 0 Å². The molecule has 0 radical (unpaired) electrons. The molecule has 18 heavy (non-hydrogen) atoms. The topological polar surface area (TPSA) is 12.0 Å². The van der Waals surface area contributed by atoms with Gasteiger partial charge >= 0.3 is 0 Å². The van der Waals surface area contributed by atoms with E-state index in [2.05, 4.69) is 26.1 Å². The molecule has 1 nitrogen and oxygen atoms in total. The van der Waals surface area contributed by atoms with Crippen LogP contribution in [0.2, 0.25) is 0 Å². The van der Waals surface area contributed by atoms with E-state index in [1.807, 2.05) is 12.1 Å². The van der Waals surface area contributed by atoms with Gasteiger partial charge in [-0.05, 0) is 42.9 Å². The highest BCUT2D eigenvalue weighted by molar-refractivity contribution is 5.20. The van der Waals surface area contributed by atoms with E-state index < -0.39 is 0 Å². The Balaban J connectivity index is 2.00. The van der Waals surface area contributed by atoms with Crippen LogP contribution in [0.15, 0.2) is 24.3 Å². The third-order valence-corrected chi connectivity index (χ3v) is 3.74. The minimum absolute atomic E-state index is 0.160. The maximum atomic E-state index is 13.0. The molecular formula is C16H24FN. The molecule has 1 aromatic rings. The van der Waals surface area contributed by atoms with Crippen molar-refractivity contribution in [3.8, 4) is 0 Å². The van der Waals surface area contributed by atoms with Gasteiger partial charge in [0.15, 0.2) is 0 Å². The van der Waals surface area contributed by atoms with Gasteiger partial charge in [0.05, 0.1) is 0 Å². The van der Waals surface area contributed by atoms with Gasteiger partial charge in [-0.2, -0.15) is 0 Å². The molecule has 1 fully saturated rings. The molecule has 0 aromatic heterocycles. The molecule has 1 N–H and O–H groups in total. The first-order valence-electron chi connectivity index (χ1n) is 7.07. The maximum Gasteiger partial charge on any atom is 0.123 e. The highest BCUT2D eigenvalue weighted by Crippen LogP contribution is 2.34. The Kier molecular flexibility index (Phi) is 4.39. The molecule has 2 unspecified atom stereocenters. The van der Waals surface area contributed by atoms with Gasteiger partial charge in [-0.1, -0.05) is 38.8 Å². The average molecular weight is 249 g/mol. The highest BCUT2D eigenvalue weighted by atomic mass is 19.1. The number of nitrogens with one attached hydrogen (secondary N) is 1. The van der Waals surface area contributed by atoms with Crippen LogP contribution < -0.4 is 5.32 Å². The molecule has 100 valence electrons. The molecule has 1 aliphatic carbocycles. The van der Waals surface area contributed by atoms with Crippen LogP contribution in [0, 0.1) is 17.7 Å². The highest BCUT2D eigenvalue weighted by Gasteiger charge is 2.25. The molecule has 0 bridgehead atoms. The van der Waals surface area contributed by atoms with Gasteiger partial charge in [-0.25, -0.2) is 4.39 Å². The number of hydrogen-bond acceptors (Lipinski definition) is 1. The molecule has 1 aliphatic rings. The second-order valence-corrected chi connectivity index (χ2v) is 6.02. The van der Waals surface area contributed by atoms with Gasteiger partial charge in [-0.15, -0.1) is 0 Å². The van der Waals surface area contributed by atoms with Crippen LogP contribution in [0.4, 0.5) is 4.39 Å². The zero-order valence-corrected chi connectivity index (χ0v) is 11.6. The fraction of sp³-hybridized carbons (Fsp3) is 0.625. The van der Waals surface area contributed by atoms with E-state index in [4.69, 9.17) is 0 Å². The Bertz CT molecular complexity index is 367. The number of rotatable bonds is 6.